The van der Waals surface area contributed by atoms with Crippen LogP contribution in [0.15, 0.2) is 28.8 Å². The van der Waals surface area contributed by atoms with Gasteiger partial charge < -0.3 is 4.74 Å². The van der Waals surface area contributed by atoms with Gasteiger partial charge in [-0.15, -0.1) is 12.3 Å². The van der Waals surface area contributed by atoms with E-state index in [1.165, 1.54) is 5.57 Å². The molecule has 0 fully saturated rings. The van der Waals surface area contributed by atoms with Crippen molar-refractivity contribution in [1.29, 1.82) is 0 Å². The van der Waals surface area contributed by atoms with Crippen LogP contribution in [0.25, 0.3) is 0 Å². The lowest BCUT2D eigenvalue weighted by atomic mass is 9.81. The molecule has 2 rings (SSSR count). The van der Waals surface area contributed by atoms with Crippen molar-refractivity contribution in [1.82, 2.24) is 0 Å². The molecule has 2 aliphatic rings. The van der Waals surface area contributed by atoms with Crippen LogP contribution in [0.2, 0.25) is 0 Å². The molecule has 1 aliphatic heterocycles. The van der Waals surface area contributed by atoms with E-state index < -0.39 is 0 Å². The molecule has 0 bridgehead atoms. The predicted molar refractivity (Wildman–Crippen MR) is 70.8 cm³/mol. The van der Waals surface area contributed by atoms with Crippen molar-refractivity contribution in [2.45, 2.75) is 32.7 Å². The van der Waals surface area contributed by atoms with Crippen molar-refractivity contribution >= 4 is 5.90 Å². The van der Waals surface area contributed by atoms with Gasteiger partial charge >= 0.3 is 0 Å². The summed E-state index contributed by atoms with van der Waals surface area (Å²) in [7, 11) is 0. The molecule has 0 aromatic rings. The zero-order chi connectivity index (χ0) is 12.5. The largest absolute Gasteiger partial charge is 0.475 e. The number of allylic oxidation sites excluding steroid dienone is 3. The van der Waals surface area contributed by atoms with Crippen LogP contribution < -0.4 is 0 Å². The normalized spacial score (nSPS) is 30.2. The van der Waals surface area contributed by atoms with Gasteiger partial charge in [0.1, 0.15) is 6.61 Å². The van der Waals surface area contributed by atoms with Crippen molar-refractivity contribution in [3.63, 3.8) is 0 Å². The summed E-state index contributed by atoms with van der Waals surface area (Å²) in [5.74, 6) is 4.31. The second-order valence-electron chi connectivity index (χ2n) is 5.39. The fourth-order valence-electron chi connectivity index (χ4n) is 2.23. The van der Waals surface area contributed by atoms with Crippen molar-refractivity contribution in [2.75, 3.05) is 6.61 Å². The summed E-state index contributed by atoms with van der Waals surface area (Å²) >= 11 is 0. The average Bonchev–Trinajstić information content (AvgIpc) is 2.62. The van der Waals surface area contributed by atoms with E-state index in [0.29, 0.717) is 18.4 Å². The molecule has 17 heavy (non-hydrogen) atoms. The minimum Gasteiger partial charge on any atom is -0.475 e. The van der Waals surface area contributed by atoms with E-state index in [1.807, 2.05) is 0 Å². The molecule has 0 saturated heterocycles. The lowest BCUT2D eigenvalue weighted by Gasteiger charge is -2.24. The number of hydrogen-bond donors (Lipinski definition) is 0. The third kappa shape index (κ3) is 2.44. The van der Waals surface area contributed by atoms with Gasteiger partial charge in [-0.1, -0.05) is 25.2 Å². The Morgan fingerprint density at radius 1 is 1.59 bits per heavy atom. The first kappa shape index (κ1) is 12.0. The monoisotopic (exact) mass is 229 g/mol. The van der Waals surface area contributed by atoms with E-state index >= 15 is 0 Å². The predicted octanol–water partition coefficient (Wildman–Crippen LogP) is 2.97. The molecule has 1 aliphatic carbocycles. The van der Waals surface area contributed by atoms with Crippen molar-refractivity contribution < 1.29 is 4.74 Å². The summed E-state index contributed by atoms with van der Waals surface area (Å²) in [6.45, 7) is 7.02. The summed E-state index contributed by atoms with van der Waals surface area (Å²) < 4.78 is 5.70. The Kier molecular flexibility index (Phi) is 3.11. The smallest absolute Gasteiger partial charge is 0.212 e. The van der Waals surface area contributed by atoms with E-state index in [1.54, 1.807) is 0 Å². The zero-order valence-electron chi connectivity index (χ0n) is 10.7. The fraction of sp³-hybridized carbons (Fsp3) is 0.533. The number of aliphatic imine (C=N–C) groups is 1. The standard InChI is InChI=1S/C15H19NO/c1-5-7-12-8-6-9-13(11(12)2)14-16-15(3,4)10-17-14/h1,6,8-9,11-12H,7,10H2,2-4H3/t11-,12+/m0/s1. The van der Waals surface area contributed by atoms with Gasteiger partial charge in [0.25, 0.3) is 0 Å². The Bertz CT molecular complexity index is 434. The van der Waals surface area contributed by atoms with Gasteiger partial charge in [-0.3, -0.25) is 0 Å². The third-order valence-electron chi connectivity index (χ3n) is 3.33. The van der Waals surface area contributed by atoms with Gasteiger partial charge in [0.05, 0.1) is 5.54 Å². The summed E-state index contributed by atoms with van der Waals surface area (Å²) in [4.78, 5) is 4.63. The van der Waals surface area contributed by atoms with Crippen molar-refractivity contribution in [3.8, 4) is 12.3 Å². The first-order valence-corrected chi connectivity index (χ1v) is 6.08. The van der Waals surface area contributed by atoms with Crippen LogP contribution in [0.4, 0.5) is 0 Å². The SMILES string of the molecule is C#CC[C@@H]1C=CC=C(C2=NC(C)(C)CO2)[C@H]1C. The molecule has 0 radical (unpaired) electrons. The lowest BCUT2D eigenvalue weighted by molar-refractivity contribution is 0.276. The molecule has 2 atom stereocenters. The molecule has 1 heterocycles. The second kappa shape index (κ2) is 4.41. The van der Waals surface area contributed by atoms with Gasteiger partial charge in [-0.2, -0.15) is 0 Å². The zero-order valence-corrected chi connectivity index (χ0v) is 10.7. The number of terminal acetylenes is 1. The van der Waals surface area contributed by atoms with Gasteiger partial charge in [0, 0.05) is 12.0 Å². The Labute approximate surface area is 103 Å². The summed E-state index contributed by atoms with van der Waals surface area (Å²) in [5, 5.41) is 0. The highest BCUT2D eigenvalue weighted by Crippen LogP contribution is 2.32. The number of hydrogen-bond acceptors (Lipinski definition) is 2. The molecule has 0 amide bonds. The van der Waals surface area contributed by atoms with Crippen LogP contribution >= 0.6 is 0 Å². The minimum atomic E-state index is -0.0985. The molecule has 90 valence electrons. The van der Waals surface area contributed by atoms with Gasteiger partial charge in [-0.25, -0.2) is 4.99 Å². The lowest BCUT2D eigenvalue weighted by Crippen LogP contribution is -2.20. The minimum absolute atomic E-state index is 0.0985. The summed E-state index contributed by atoms with van der Waals surface area (Å²) in [6.07, 6.45) is 12.5. The van der Waals surface area contributed by atoms with E-state index in [9.17, 15) is 0 Å². The second-order valence-corrected chi connectivity index (χ2v) is 5.39. The van der Waals surface area contributed by atoms with E-state index in [-0.39, 0.29) is 5.54 Å². The number of rotatable bonds is 2. The number of nitrogens with zero attached hydrogens (tertiary/aromatic N) is 1. The van der Waals surface area contributed by atoms with Crippen molar-refractivity contribution in [3.05, 3.63) is 23.8 Å². The molecule has 0 aromatic heterocycles. The third-order valence-corrected chi connectivity index (χ3v) is 3.33. The van der Waals surface area contributed by atoms with Gasteiger partial charge in [-0.05, 0) is 25.7 Å². The Hall–Kier alpha value is -1.49. The molecule has 0 unspecified atom stereocenters. The topological polar surface area (TPSA) is 21.6 Å². The highest BCUT2D eigenvalue weighted by Gasteiger charge is 2.32. The first-order valence-electron chi connectivity index (χ1n) is 6.08. The average molecular weight is 229 g/mol. The van der Waals surface area contributed by atoms with Crippen molar-refractivity contribution in [2.24, 2.45) is 16.8 Å². The summed E-state index contributed by atoms with van der Waals surface area (Å²) in [5.41, 5.74) is 1.08. The molecular weight excluding hydrogens is 210 g/mol. The van der Waals surface area contributed by atoms with Crippen LogP contribution in [0.5, 0.6) is 0 Å². The Morgan fingerprint density at radius 2 is 2.35 bits per heavy atom. The molecule has 0 aromatic carbocycles. The van der Waals surface area contributed by atoms with E-state index in [4.69, 9.17) is 11.2 Å². The molecular formula is C15H19NO. The van der Waals surface area contributed by atoms with Gasteiger partial charge in [0.15, 0.2) is 0 Å². The summed E-state index contributed by atoms with van der Waals surface area (Å²) in [6, 6.07) is 0. The highest BCUT2D eigenvalue weighted by atomic mass is 16.5. The number of ether oxygens (including phenoxy) is 1. The highest BCUT2D eigenvalue weighted by molar-refractivity contribution is 5.96. The maximum Gasteiger partial charge on any atom is 0.212 e. The molecule has 2 nitrogen and oxygen atoms in total. The van der Waals surface area contributed by atoms with E-state index in [0.717, 1.165) is 12.3 Å². The Balaban J connectivity index is 2.20. The van der Waals surface area contributed by atoms with Crippen LogP contribution in [0, 0.1) is 24.2 Å². The molecule has 0 saturated carbocycles. The van der Waals surface area contributed by atoms with Crippen LogP contribution in [0.1, 0.15) is 27.2 Å². The van der Waals surface area contributed by atoms with E-state index in [2.05, 4.69) is 49.9 Å². The molecule has 0 spiro atoms. The van der Waals surface area contributed by atoms with Crippen LogP contribution in [-0.2, 0) is 4.74 Å². The molecule has 0 N–H and O–H groups in total. The molecule has 2 heteroatoms. The fourth-order valence-corrected chi connectivity index (χ4v) is 2.23. The first-order chi connectivity index (χ1) is 8.03. The maximum absolute atomic E-state index is 5.70. The van der Waals surface area contributed by atoms with Crippen LogP contribution in [-0.4, -0.2) is 18.0 Å². The quantitative estimate of drug-likeness (QED) is 0.667. The maximum atomic E-state index is 5.70. The Morgan fingerprint density at radius 3 is 2.94 bits per heavy atom. The van der Waals surface area contributed by atoms with Gasteiger partial charge in [0.2, 0.25) is 5.90 Å². The van der Waals surface area contributed by atoms with Crippen LogP contribution in [0.3, 0.4) is 0 Å².